The average molecular weight is 271 g/mol. The molecule has 20 heavy (non-hydrogen) atoms. The van der Waals surface area contributed by atoms with E-state index in [1.54, 1.807) is 6.20 Å². The largest absolute Gasteiger partial charge is 0.353 e. The van der Waals surface area contributed by atoms with Crippen molar-refractivity contribution >= 4 is 22.6 Å². The lowest BCUT2D eigenvalue weighted by molar-refractivity contribution is 0.243. The van der Waals surface area contributed by atoms with Crippen LogP contribution in [0.5, 0.6) is 0 Å². The number of fused-ring (bicyclic) bond motifs is 1. The molecule has 1 atom stereocenters. The van der Waals surface area contributed by atoms with Crippen LogP contribution in [0.3, 0.4) is 0 Å². The molecule has 1 aliphatic heterocycles. The van der Waals surface area contributed by atoms with Gasteiger partial charge in [-0.1, -0.05) is 24.3 Å². The van der Waals surface area contributed by atoms with Crippen molar-refractivity contribution in [2.75, 3.05) is 18.0 Å². The molecule has 1 aromatic carbocycles. The number of carbonyl (C=O) groups excluding carboxylic acids is 1. The molecule has 6 heteroatoms. The summed E-state index contributed by atoms with van der Waals surface area (Å²) < 4.78 is 0. The number of nitrogens with one attached hydrogen (secondary N) is 1. The Labute approximate surface area is 117 Å². The monoisotopic (exact) mass is 271 g/mol. The highest BCUT2D eigenvalue weighted by atomic mass is 16.2. The number of rotatable bonds is 2. The molecule has 1 aliphatic rings. The van der Waals surface area contributed by atoms with Gasteiger partial charge >= 0.3 is 6.03 Å². The Kier molecular flexibility index (Phi) is 3.37. The van der Waals surface area contributed by atoms with E-state index in [0.29, 0.717) is 6.54 Å². The summed E-state index contributed by atoms with van der Waals surface area (Å²) in [5, 5.41) is 13.3. The van der Waals surface area contributed by atoms with E-state index in [-0.39, 0.29) is 6.04 Å². The van der Waals surface area contributed by atoms with Crippen LogP contribution in [0.25, 0.3) is 10.8 Å². The van der Waals surface area contributed by atoms with Crippen LogP contribution in [0.1, 0.15) is 12.8 Å². The fourth-order valence-corrected chi connectivity index (χ4v) is 2.73. The Morgan fingerprint density at radius 1 is 1.40 bits per heavy atom. The van der Waals surface area contributed by atoms with Gasteiger partial charge in [0.15, 0.2) is 5.82 Å². The highest BCUT2D eigenvalue weighted by Gasteiger charge is 2.23. The molecule has 2 aromatic rings. The van der Waals surface area contributed by atoms with Crippen molar-refractivity contribution in [1.29, 1.82) is 0 Å². The molecule has 1 saturated heterocycles. The number of benzene rings is 1. The number of hydrogen-bond donors (Lipinski definition) is 2. The third-order valence-corrected chi connectivity index (χ3v) is 3.62. The topological polar surface area (TPSA) is 84.1 Å². The third kappa shape index (κ3) is 2.49. The van der Waals surface area contributed by atoms with Gasteiger partial charge in [-0.15, -0.1) is 5.10 Å². The molecule has 6 nitrogen and oxygen atoms in total. The standard InChI is InChI=1S/C14H17N5O/c15-14(20)17-11-5-3-7-19(9-11)13-12-6-2-1-4-10(12)8-16-18-13/h1-2,4,6,8,11H,3,5,7,9H2,(H3,15,17,20). The van der Waals surface area contributed by atoms with E-state index in [1.807, 2.05) is 24.3 Å². The summed E-state index contributed by atoms with van der Waals surface area (Å²) in [7, 11) is 0. The predicted molar refractivity (Wildman–Crippen MR) is 77.5 cm³/mol. The molecule has 104 valence electrons. The molecule has 1 aromatic heterocycles. The van der Waals surface area contributed by atoms with E-state index in [0.717, 1.165) is 36.0 Å². The first-order valence-electron chi connectivity index (χ1n) is 6.75. The zero-order chi connectivity index (χ0) is 13.9. The second-order valence-corrected chi connectivity index (χ2v) is 5.05. The van der Waals surface area contributed by atoms with Crippen molar-refractivity contribution in [3.63, 3.8) is 0 Å². The Bertz CT molecular complexity index is 624. The first-order chi connectivity index (χ1) is 9.74. The number of carbonyl (C=O) groups is 1. The number of hydrogen-bond acceptors (Lipinski definition) is 4. The Balaban J connectivity index is 1.88. The van der Waals surface area contributed by atoms with Gasteiger partial charge in [0.2, 0.25) is 0 Å². The summed E-state index contributed by atoms with van der Waals surface area (Å²) >= 11 is 0. The van der Waals surface area contributed by atoms with E-state index in [1.165, 1.54) is 0 Å². The molecular weight excluding hydrogens is 254 g/mol. The van der Waals surface area contributed by atoms with Gasteiger partial charge in [-0.2, -0.15) is 5.10 Å². The summed E-state index contributed by atoms with van der Waals surface area (Å²) in [5.74, 6) is 0.874. The number of aromatic nitrogens is 2. The molecule has 1 fully saturated rings. The van der Waals surface area contributed by atoms with Gasteiger partial charge in [0, 0.05) is 29.9 Å². The Morgan fingerprint density at radius 2 is 2.25 bits per heavy atom. The van der Waals surface area contributed by atoms with Crippen LogP contribution < -0.4 is 16.0 Å². The summed E-state index contributed by atoms with van der Waals surface area (Å²) in [6.07, 6.45) is 3.70. The predicted octanol–water partition coefficient (Wildman–Crippen LogP) is 1.27. The van der Waals surface area contributed by atoms with Gasteiger partial charge in [-0.3, -0.25) is 0 Å². The van der Waals surface area contributed by atoms with Crippen LogP contribution in [0.4, 0.5) is 10.6 Å². The average Bonchev–Trinajstić information content (AvgIpc) is 2.46. The van der Waals surface area contributed by atoms with Crippen molar-refractivity contribution in [3.05, 3.63) is 30.5 Å². The van der Waals surface area contributed by atoms with Crippen molar-refractivity contribution in [2.24, 2.45) is 5.73 Å². The summed E-state index contributed by atoms with van der Waals surface area (Å²) in [6.45, 7) is 1.63. The zero-order valence-corrected chi connectivity index (χ0v) is 11.1. The van der Waals surface area contributed by atoms with Crippen LogP contribution in [-0.2, 0) is 0 Å². The fraction of sp³-hybridized carbons (Fsp3) is 0.357. The molecule has 2 heterocycles. The number of piperidine rings is 1. The van der Waals surface area contributed by atoms with E-state index >= 15 is 0 Å². The molecular formula is C14H17N5O. The SMILES string of the molecule is NC(=O)NC1CCCN(c2nncc3ccccc23)C1. The number of nitrogens with zero attached hydrogens (tertiary/aromatic N) is 3. The first kappa shape index (κ1) is 12.7. The van der Waals surface area contributed by atoms with Crippen LogP contribution in [0, 0.1) is 0 Å². The summed E-state index contributed by atoms with van der Waals surface area (Å²) in [5.41, 5.74) is 5.20. The van der Waals surface area contributed by atoms with Gasteiger partial charge in [0.05, 0.1) is 6.20 Å². The molecule has 0 saturated carbocycles. The van der Waals surface area contributed by atoms with Crippen LogP contribution in [-0.4, -0.2) is 35.4 Å². The van der Waals surface area contributed by atoms with Crippen LogP contribution in [0.15, 0.2) is 30.5 Å². The highest BCUT2D eigenvalue weighted by molar-refractivity contribution is 5.91. The normalized spacial score (nSPS) is 19.0. The van der Waals surface area contributed by atoms with Crippen molar-refractivity contribution < 1.29 is 4.79 Å². The molecule has 3 N–H and O–H groups in total. The second kappa shape index (κ2) is 5.32. The smallest absolute Gasteiger partial charge is 0.312 e. The lowest BCUT2D eigenvalue weighted by Crippen LogP contribution is -2.49. The third-order valence-electron chi connectivity index (χ3n) is 3.62. The number of primary amides is 1. The number of urea groups is 1. The molecule has 0 aliphatic carbocycles. The van der Waals surface area contributed by atoms with E-state index in [9.17, 15) is 4.79 Å². The van der Waals surface area contributed by atoms with Gasteiger partial charge < -0.3 is 16.0 Å². The summed E-state index contributed by atoms with van der Waals surface area (Å²) in [4.78, 5) is 13.2. The molecule has 3 rings (SSSR count). The van der Waals surface area contributed by atoms with Gasteiger partial charge in [0.25, 0.3) is 0 Å². The van der Waals surface area contributed by atoms with Crippen LogP contribution in [0.2, 0.25) is 0 Å². The minimum atomic E-state index is -0.471. The first-order valence-corrected chi connectivity index (χ1v) is 6.75. The Morgan fingerprint density at radius 3 is 3.10 bits per heavy atom. The van der Waals surface area contributed by atoms with E-state index in [4.69, 9.17) is 5.73 Å². The van der Waals surface area contributed by atoms with Gasteiger partial charge in [-0.05, 0) is 12.8 Å². The number of nitrogens with two attached hydrogens (primary N) is 1. The summed E-state index contributed by atoms with van der Waals surface area (Å²) in [6, 6.07) is 7.65. The minimum Gasteiger partial charge on any atom is -0.353 e. The van der Waals surface area contributed by atoms with Gasteiger partial charge in [0.1, 0.15) is 0 Å². The molecule has 2 amide bonds. The fourth-order valence-electron chi connectivity index (χ4n) is 2.73. The number of amides is 2. The lowest BCUT2D eigenvalue weighted by Gasteiger charge is -2.33. The van der Waals surface area contributed by atoms with Crippen molar-refractivity contribution in [3.8, 4) is 0 Å². The highest BCUT2D eigenvalue weighted by Crippen LogP contribution is 2.25. The second-order valence-electron chi connectivity index (χ2n) is 5.05. The van der Waals surface area contributed by atoms with Crippen LogP contribution >= 0.6 is 0 Å². The van der Waals surface area contributed by atoms with Crippen molar-refractivity contribution in [1.82, 2.24) is 15.5 Å². The van der Waals surface area contributed by atoms with Gasteiger partial charge in [-0.25, -0.2) is 4.79 Å². The zero-order valence-electron chi connectivity index (χ0n) is 11.1. The molecule has 0 radical (unpaired) electrons. The molecule has 0 bridgehead atoms. The van der Waals surface area contributed by atoms with E-state index < -0.39 is 6.03 Å². The van der Waals surface area contributed by atoms with E-state index in [2.05, 4.69) is 20.4 Å². The maximum atomic E-state index is 11.0. The Hall–Kier alpha value is -2.37. The molecule has 0 spiro atoms. The molecule has 1 unspecified atom stereocenters. The maximum Gasteiger partial charge on any atom is 0.312 e. The van der Waals surface area contributed by atoms with Crippen molar-refractivity contribution in [2.45, 2.75) is 18.9 Å². The quantitative estimate of drug-likeness (QED) is 0.861. The lowest BCUT2D eigenvalue weighted by atomic mass is 10.0. The minimum absolute atomic E-state index is 0.0713. The number of anilines is 1. The maximum absolute atomic E-state index is 11.0.